The van der Waals surface area contributed by atoms with Crippen LogP contribution in [-0.4, -0.2) is 16.5 Å². The summed E-state index contributed by atoms with van der Waals surface area (Å²) in [6, 6.07) is 0.142. The molecule has 0 rings (SSSR count). The first-order valence-corrected chi connectivity index (χ1v) is 6.61. The van der Waals surface area contributed by atoms with Crippen molar-refractivity contribution in [3.63, 3.8) is 0 Å². The Morgan fingerprint density at radius 1 is 1.42 bits per heavy atom. The normalized spacial score (nSPS) is 17.9. The molecule has 1 atom stereocenters. The summed E-state index contributed by atoms with van der Waals surface area (Å²) < 4.78 is 5.31. The lowest BCUT2D eigenvalue weighted by atomic mass is 10.2. The standard InChI is InChI=1S/C7H18NO2PS/c1-6(2)8-11(9,12)10-7(3,4)5/h6H,1-5H3,(H2,8,9,12). The molecule has 0 radical (unpaired) electrons. The molecule has 0 aromatic rings. The average molecular weight is 211 g/mol. The van der Waals surface area contributed by atoms with Gasteiger partial charge in [-0.25, -0.2) is 5.09 Å². The molecule has 2 N–H and O–H groups in total. The minimum absolute atomic E-state index is 0.142. The summed E-state index contributed by atoms with van der Waals surface area (Å²) in [5.41, 5.74) is -0.397. The van der Waals surface area contributed by atoms with Gasteiger partial charge in [0.1, 0.15) is 0 Å². The molecule has 0 saturated carbocycles. The maximum absolute atomic E-state index is 9.61. The van der Waals surface area contributed by atoms with Crippen molar-refractivity contribution in [1.29, 1.82) is 0 Å². The first kappa shape index (κ1) is 12.5. The van der Waals surface area contributed by atoms with Crippen LogP contribution in [0.15, 0.2) is 0 Å². The Balaban J connectivity index is 4.15. The van der Waals surface area contributed by atoms with Gasteiger partial charge in [0, 0.05) is 6.04 Å². The maximum atomic E-state index is 9.61. The van der Waals surface area contributed by atoms with Crippen molar-refractivity contribution in [3.8, 4) is 0 Å². The Morgan fingerprint density at radius 2 is 1.83 bits per heavy atom. The second kappa shape index (κ2) is 4.16. The van der Waals surface area contributed by atoms with Gasteiger partial charge in [0.15, 0.2) is 0 Å². The summed E-state index contributed by atoms with van der Waals surface area (Å²) in [4.78, 5) is 9.61. The third-order valence-corrected chi connectivity index (χ3v) is 3.00. The van der Waals surface area contributed by atoms with E-state index in [9.17, 15) is 4.89 Å². The van der Waals surface area contributed by atoms with Gasteiger partial charge in [-0.2, -0.15) is 0 Å². The Kier molecular flexibility index (Phi) is 4.34. The molecular weight excluding hydrogens is 193 g/mol. The van der Waals surface area contributed by atoms with Crippen molar-refractivity contribution in [1.82, 2.24) is 5.09 Å². The Bertz CT molecular complexity index is 188. The predicted octanol–water partition coefficient (Wildman–Crippen LogP) is 2.02. The van der Waals surface area contributed by atoms with Crippen molar-refractivity contribution >= 4 is 18.4 Å². The van der Waals surface area contributed by atoms with Gasteiger partial charge in [-0.05, 0) is 46.4 Å². The van der Waals surface area contributed by atoms with Crippen molar-refractivity contribution < 1.29 is 9.42 Å². The Morgan fingerprint density at radius 3 is 2.08 bits per heavy atom. The van der Waals surface area contributed by atoms with E-state index in [1.807, 2.05) is 34.6 Å². The molecule has 0 aliphatic rings. The Labute approximate surface area is 79.7 Å². The lowest BCUT2D eigenvalue weighted by Crippen LogP contribution is -2.26. The fraction of sp³-hybridized carbons (Fsp3) is 1.00. The van der Waals surface area contributed by atoms with Crippen LogP contribution >= 0.6 is 6.64 Å². The molecular formula is C7H18NO2PS. The predicted molar refractivity (Wildman–Crippen MR) is 55.6 cm³/mol. The number of hydrogen-bond acceptors (Lipinski definition) is 2. The zero-order valence-corrected chi connectivity index (χ0v) is 10.00. The second-order valence-corrected chi connectivity index (χ2v) is 6.97. The van der Waals surface area contributed by atoms with Gasteiger partial charge in [-0.3, -0.25) is 0 Å². The molecule has 0 heterocycles. The molecule has 1 unspecified atom stereocenters. The SMILES string of the molecule is CC(C)NP(O)(=S)OC(C)(C)C. The molecule has 0 aliphatic carbocycles. The number of hydrogen-bond donors (Lipinski definition) is 2. The smallest absolute Gasteiger partial charge is 0.259 e. The lowest BCUT2D eigenvalue weighted by molar-refractivity contribution is 0.127. The highest BCUT2D eigenvalue weighted by atomic mass is 32.5. The van der Waals surface area contributed by atoms with Crippen LogP contribution in [0, 0.1) is 0 Å². The summed E-state index contributed by atoms with van der Waals surface area (Å²) >= 11 is 4.90. The van der Waals surface area contributed by atoms with E-state index in [4.69, 9.17) is 16.3 Å². The summed E-state index contributed by atoms with van der Waals surface area (Å²) in [6.45, 7) is 6.66. The molecule has 5 heteroatoms. The minimum atomic E-state index is -2.79. The van der Waals surface area contributed by atoms with Crippen LogP contribution in [0.4, 0.5) is 0 Å². The highest BCUT2D eigenvalue weighted by molar-refractivity contribution is 8.08. The van der Waals surface area contributed by atoms with Crippen molar-refractivity contribution in [3.05, 3.63) is 0 Å². The highest BCUT2D eigenvalue weighted by Crippen LogP contribution is 2.42. The maximum Gasteiger partial charge on any atom is 0.259 e. The van der Waals surface area contributed by atoms with Crippen LogP contribution in [0.5, 0.6) is 0 Å². The molecule has 0 aromatic carbocycles. The van der Waals surface area contributed by atoms with Gasteiger partial charge in [0.05, 0.1) is 5.60 Å². The van der Waals surface area contributed by atoms with E-state index in [1.54, 1.807) is 0 Å². The van der Waals surface area contributed by atoms with E-state index in [0.717, 1.165) is 0 Å². The molecule has 3 nitrogen and oxygen atoms in total. The topological polar surface area (TPSA) is 41.5 Å². The molecule has 0 aromatic heterocycles. The van der Waals surface area contributed by atoms with Crippen molar-refractivity contribution in [2.45, 2.75) is 46.3 Å². The zero-order valence-electron chi connectivity index (χ0n) is 8.29. The lowest BCUT2D eigenvalue weighted by Gasteiger charge is -2.27. The first-order chi connectivity index (χ1) is 5.12. The average Bonchev–Trinajstić information content (AvgIpc) is 1.48. The van der Waals surface area contributed by atoms with Crippen LogP contribution in [0.3, 0.4) is 0 Å². The summed E-state index contributed by atoms with van der Waals surface area (Å²) in [5.74, 6) is 0. The summed E-state index contributed by atoms with van der Waals surface area (Å²) in [6.07, 6.45) is 0. The quantitative estimate of drug-likeness (QED) is 0.701. The van der Waals surface area contributed by atoms with Gasteiger partial charge in [-0.15, -0.1) is 0 Å². The van der Waals surface area contributed by atoms with Crippen molar-refractivity contribution in [2.75, 3.05) is 0 Å². The van der Waals surface area contributed by atoms with E-state index in [2.05, 4.69) is 5.09 Å². The van der Waals surface area contributed by atoms with Gasteiger partial charge in [-0.1, -0.05) is 0 Å². The van der Waals surface area contributed by atoms with Crippen LogP contribution in [0.1, 0.15) is 34.6 Å². The number of rotatable bonds is 3. The summed E-state index contributed by atoms with van der Waals surface area (Å²) in [5, 5.41) is 2.83. The van der Waals surface area contributed by atoms with E-state index in [1.165, 1.54) is 0 Å². The molecule has 0 aliphatic heterocycles. The largest absolute Gasteiger partial charge is 0.334 e. The third-order valence-electron chi connectivity index (χ3n) is 0.819. The van der Waals surface area contributed by atoms with E-state index < -0.39 is 12.2 Å². The van der Waals surface area contributed by atoms with Gasteiger partial charge < -0.3 is 9.42 Å². The minimum Gasteiger partial charge on any atom is -0.334 e. The second-order valence-electron chi connectivity index (χ2n) is 4.01. The molecule has 0 amide bonds. The van der Waals surface area contributed by atoms with E-state index in [-0.39, 0.29) is 6.04 Å². The third kappa shape index (κ3) is 7.19. The molecule has 0 saturated heterocycles. The fourth-order valence-corrected chi connectivity index (χ4v) is 3.47. The summed E-state index contributed by atoms with van der Waals surface area (Å²) in [7, 11) is 0. The fourth-order valence-electron chi connectivity index (χ4n) is 0.724. The van der Waals surface area contributed by atoms with E-state index in [0.29, 0.717) is 0 Å². The van der Waals surface area contributed by atoms with Crippen LogP contribution in [0.2, 0.25) is 0 Å². The molecule has 0 fully saturated rings. The monoisotopic (exact) mass is 211 g/mol. The number of nitrogens with one attached hydrogen (secondary N) is 1. The highest BCUT2D eigenvalue weighted by Gasteiger charge is 2.23. The van der Waals surface area contributed by atoms with Gasteiger partial charge in [0.2, 0.25) is 0 Å². The van der Waals surface area contributed by atoms with Crippen LogP contribution in [-0.2, 0) is 16.3 Å². The Hall–Kier alpha value is 0.530. The molecule has 74 valence electrons. The molecule has 0 bridgehead atoms. The van der Waals surface area contributed by atoms with Crippen LogP contribution < -0.4 is 5.09 Å². The first-order valence-electron chi connectivity index (χ1n) is 3.94. The molecule has 12 heavy (non-hydrogen) atoms. The van der Waals surface area contributed by atoms with Gasteiger partial charge in [0.25, 0.3) is 6.64 Å². The zero-order chi connectivity index (χ0) is 9.99. The van der Waals surface area contributed by atoms with Gasteiger partial charge >= 0.3 is 0 Å². The van der Waals surface area contributed by atoms with Crippen LogP contribution in [0.25, 0.3) is 0 Å². The van der Waals surface area contributed by atoms with E-state index >= 15 is 0 Å². The molecule has 0 spiro atoms. The van der Waals surface area contributed by atoms with Crippen molar-refractivity contribution in [2.24, 2.45) is 0 Å².